The summed E-state index contributed by atoms with van der Waals surface area (Å²) in [6.45, 7) is 8.48. The Labute approximate surface area is 305 Å². The standard InChI is InChI=1S/C20H19N3O.C8H5NO2.C6H14N2.C6H8O2.CH4/c24-20-18-14-6-1-2-7-15(14)21-16-8-5-9-17(19(16)18)23(20)13-12-22-10-3-4-11-22;10-7-5-3-1-2-4-6(5)9-8(7)11;7-3-6-8-4-1-2-5-8;7-5-2-1-3-6(8)4-5;/h1-2,5-9H,3-4,10-13H2;1-4H,(H,9,10,11);1-7H2;1-4H2;1H4. The normalized spacial score (nSPS) is 17.9. The number of ketones is 3. The van der Waals surface area contributed by atoms with Crippen LogP contribution in [0.3, 0.4) is 0 Å². The Morgan fingerprint density at radius 1 is 0.673 bits per heavy atom. The van der Waals surface area contributed by atoms with Crippen molar-refractivity contribution in [1.82, 2.24) is 14.8 Å². The van der Waals surface area contributed by atoms with Gasteiger partial charge in [0.2, 0.25) is 0 Å². The zero-order valence-corrected chi connectivity index (χ0v) is 29.1. The lowest BCUT2D eigenvalue weighted by molar-refractivity contribution is -0.129. The van der Waals surface area contributed by atoms with Gasteiger partial charge in [-0.2, -0.15) is 0 Å². The summed E-state index contributed by atoms with van der Waals surface area (Å²) in [5, 5.41) is 4.44. The summed E-state index contributed by atoms with van der Waals surface area (Å²) in [7, 11) is 0. The lowest BCUT2D eigenvalue weighted by Crippen LogP contribution is -2.35. The maximum atomic E-state index is 13.2. The van der Waals surface area contributed by atoms with Crippen LogP contribution >= 0.6 is 0 Å². The first-order valence-corrected chi connectivity index (χ1v) is 18.1. The highest BCUT2D eigenvalue weighted by molar-refractivity contribution is 6.51. The monoisotopic (exact) mass is 706 g/mol. The Hall–Kier alpha value is -4.84. The smallest absolute Gasteiger partial charge is 0.296 e. The van der Waals surface area contributed by atoms with Crippen molar-refractivity contribution in [1.29, 1.82) is 0 Å². The maximum Gasteiger partial charge on any atom is 0.296 e. The van der Waals surface area contributed by atoms with Crippen molar-refractivity contribution in [3.63, 3.8) is 0 Å². The number of hydrogen-bond acceptors (Lipinski definition) is 9. The number of para-hydroxylation sites is 2. The second-order valence-electron chi connectivity index (χ2n) is 13.5. The van der Waals surface area contributed by atoms with E-state index in [2.05, 4.69) is 21.2 Å². The molecule has 9 rings (SSSR count). The third-order valence-electron chi connectivity index (χ3n) is 9.85. The molecule has 0 unspecified atom stereocenters. The molecule has 1 saturated carbocycles. The summed E-state index contributed by atoms with van der Waals surface area (Å²) in [6.07, 6.45) is 7.51. The van der Waals surface area contributed by atoms with E-state index in [4.69, 9.17) is 10.7 Å². The van der Waals surface area contributed by atoms with E-state index >= 15 is 0 Å². The highest BCUT2D eigenvalue weighted by Crippen LogP contribution is 2.40. The molecule has 4 aromatic rings. The molecule has 0 bridgehead atoms. The molecule has 11 nitrogen and oxygen atoms in total. The van der Waals surface area contributed by atoms with Crippen molar-refractivity contribution in [3.05, 3.63) is 77.9 Å². The molecule has 1 aliphatic carbocycles. The first-order chi connectivity index (χ1) is 24.8. The molecule has 5 aliphatic rings. The van der Waals surface area contributed by atoms with E-state index in [1.165, 1.54) is 38.8 Å². The number of fused-ring (bicyclic) bond motifs is 3. The van der Waals surface area contributed by atoms with Crippen molar-refractivity contribution in [3.8, 4) is 0 Å². The maximum absolute atomic E-state index is 13.2. The van der Waals surface area contributed by atoms with Gasteiger partial charge in [0.05, 0.1) is 40.0 Å². The average molecular weight is 707 g/mol. The Bertz CT molecular complexity index is 1920. The van der Waals surface area contributed by atoms with Gasteiger partial charge in [0.1, 0.15) is 11.6 Å². The number of nitrogens with zero attached hydrogens (tertiary/aromatic N) is 4. The number of nitrogens with one attached hydrogen (secondary N) is 1. The molecular formula is C41H50N6O5. The number of benzene rings is 3. The van der Waals surface area contributed by atoms with Crippen molar-refractivity contribution in [2.24, 2.45) is 5.73 Å². The van der Waals surface area contributed by atoms with Crippen molar-refractivity contribution >= 4 is 62.3 Å². The van der Waals surface area contributed by atoms with E-state index in [1.54, 1.807) is 24.3 Å². The van der Waals surface area contributed by atoms with E-state index in [-0.39, 0.29) is 31.3 Å². The number of anilines is 2. The second-order valence-corrected chi connectivity index (χ2v) is 13.5. The van der Waals surface area contributed by atoms with Gasteiger partial charge in [0.25, 0.3) is 17.6 Å². The topological polar surface area (TPSA) is 146 Å². The van der Waals surface area contributed by atoms with Crippen molar-refractivity contribution in [2.75, 3.05) is 62.6 Å². The van der Waals surface area contributed by atoms with Crippen LogP contribution in [0, 0.1) is 0 Å². The Balaban J connectivity index is 0.000000155. The molecule has 274 valence electrons. The van der Waals surface area contributed by atoms with Crippen LogP contribution in [0.5, 0.6) is 0 Å². The van der Waals surface area contributed by atoms with Crippen LogP contribution in [0.15, 0.2) is 66.7 Å². The molecule has 2 amide bonds. The summed E-state index contributed by atoms with van der Waals surface area (Å²) in [5.41, 5.74) is 10.1. The fourth-order valence-electron chi connectivity index (χ4n) is 7.25. The summed E-state index contributed by atoms with van der Waals surface area (Å²) in [6, 6.07) is 20.9. The average Bonchev–Trinajstić information content (AvgIpc) is 3.95. The molecule has 3 N–H and O–H groups in total. The predicted octanol–water partition coefficient (Wildman–Crippen LogP) is 5.64. The van der Waals surface area contributed by atoms with Crippen LogP contribution in [-0.4, -0.2) is 96.3 Å². The number of carbonyl (C=O) groups is 5. The van der Waals surface area contributed by atoms with Crippen LogP contribution in [-0.2, 0) is 14.4 Å². The van der Waals surface area contributed by atoms with Gasteiger partial charge in [-0.05, 0) is 88.6 Å². The quantitative estimate of drug-likeness (QED) is 0.153. The molecule has 3 aromatic carbocycles. The van der Waals surface area contributed by atoms with Gasteiger partial charge in [-0.1, -0.05) is 43.8 Å². The minimum Gasteiger partial charge on any atom is -0.329 e. The summed E-state index contributed by atoms with van der Waals surface area (Å²) in [4.78, 5) is 67.4. The molecule has 3 fully saturated rings. The molecule has 0 atom stereocenters. The van der Waals surface area contributed by atoms with Crippen molar-refractivity contribution in [2.45, 2.75) is 58.8 Å². The fourth-order valence-corrected chi connectivity index (χ4v) is 7.25. The largest absolute Gasteiger partial charge is 0.329 e. The number of carbonyl (C=O) groups excluding carboxylic acids is 5. The zero-order chi connectivity index (χ0) is 35.7. The number of rotatable bonds is 5. The molecule has 4 aliphatic heterocycles. The first-order valence-electron chi connectivity index (χ1n) is 18.1. The van der Waals surface area contributed by atoms with Gasteiger partial charge >= 0.3 is 0 Å². The number of Topliss-reactive ketones (excluding diaryl/α,β-unsaturated/α-hetero) is 3. The van der Waals surface area contributed by atoms with Gasteiger partial charge < -0.3 is 25.8 Å². The summed E-state index contributed by atoms with van der Waals surface area (Å²) >= 11 is 0. The number of hydrogen-bond donors (Lipinski definition) is 2. The van der Waals surface area contributed by atoms with E-state index in [0.717, 1.165) is 78.7 Å². The minimum absolute atomic E-state index is 0. The highest BCUT2D eigenvalue weighted by atomic mass is 16.2. The van der Waals surface area contributed by atoms with Gasteiger partial charge in [-0.3, -0.25) is 24.0 Å². The summed E-state index contributed by atoms with van der Waals surface area (Å²) < 4.78 is 0. The SMILES string of the molecule is C.NCCN1CCCC1.O=C1CCCC(=O)C1.O=C1Nc2ccccc2C1=O.O=C1c2c3ccccc3nc3cccc(c23)N1CCN1CCCC1. The van der Waals surface area contributed by atoms with E-state index in [0.29, 0.717) is 24.1 Å². The molecule has 11 heteroatoms. The number of pyridine rings is 1. The predicted molar refractivity (Wildman–Crippen MR) is 206 cm³/mol. The molecule has 5 heterocycles. The first kappa shape index (κ1) is 38.4. The highest BCUT2D eigenvalue weighted by Gasteiger charge is 2.32. The molecule has 0 radical (unpaired) electrons. The van der Waals surface area contributed by atoms with Crippen LogP contribution < -0.4 is 16.0 Å². The van der Waals surface area contributed by atoms with E-state index in [1.807, 2.05) is 41.3 Å². The van der Waals surface area contributed by atoms with Crippen LogP contribution in [0.25, 0.3) is 21.8 Å². The lowest BCUT2D eigenvalue weighted by Gasteiger charge is -2.22. The van der Waals surface area contributed by atoms with Gasteiger partial charge in [0, 0.05) is 49.8 Å². The number of likely N-dealkylation sites (tertiary alicyclic amines) is 2. The van der Waals surface area contributed by atoms with E-state index in [9.17, 15) is 24.0 Å². The van der Waals surface area contributed by atoms with Gasteiger partial charge in [-0.15, -0.1) is 0 Å². The molecule has 2 saturated heterocycles. The zero-order valence-electron chi connectivity index (χ0n) is 29.1. The fraction of sp³-hybridized carbons (Fsp3) is 0.415. The third-order valence-corrected chi connectivity index (χ3v) is 9.85. The van der Waals surface area contributed by atoms with E-state index < -0.39 is 11.7 Å². The Kier molecular flexibility index (Phi) is 13.3. The Morgan fingerprint density at radius 3 is 1.92 bits per heavy atom. The third kappa shape index (κ3) is 8.96. The number of amides is 2. The molecule has 52 heavy (non-hydrogen) atoms. The minimum atomic E-state index is -0.536. The second kappa shape index (κ2) is 18.1. The molecule has 0 spiro atoms. The van der Waals surface area contributed by atoms with Crippen LogP contribution in [0.1, 0.15) is 79.5 Å². The van der Waals surface area contributed by atoms with Gasteiger partial charge in [0.15, 0.2) is 0 Å². The van der Waals surface area contributed by atoms with Crippen LogP contribution in [0.2, 0.25) is 0 Å². The van der Waals surface area contributed by atoms with Gasteiger partial charge in [-0.25, -0.2) is 4.98 Å². The summed E-state index contributed by atoms with van der Waals surface area (Å²) in [5.74, 6) is -0.631. The molecule has 1 aromatic heterocycles. The Morgan fingerprint density at radius 2 is 1.29 bits per heavy atom. The molecular weight excluding hydrogens is 656 g/mol. The number of nitrogens with two attached hydrogens (primary N) is 1. The van der Waals surface area contributed by atoms with Crippen LogP contribution in [0.4, 0.5) is 11.4 Å². The number of aromatic nitrogens is 1. The lowest BCUT2D eigenvalue weighted by atomic mass is 9.98. The van der Waals surface area contributed by atoms with Crippen molar-refractivity contribution < 1.29 is 24.0 Å².